The van der Waals surface area contributed by atoms with Gasteiger partial charge in [-0.25, -0.2) is 0 Å². The first-order valence-electron chi connectivity index (χ1n) is 14.2. The van der Waals surface area contributed by atoms with E-state index in [1.54, 1.807) is 6.92 Å². The van der Waals surface area contributed by atoms with E-state index in [4.69, 9.17) is 0 Å². The van der Waals surface area contributed by atoms with E-state index >= 15 is 0 Å². The maximum Gasteiger partial charge on any atom is 0.310 e. The van der Waals surface area contributed by atoms with Crippen molar-refractivity contribution in [1.82, 2.24) is 0 Å². The van der Waals surface area contributed by atoms with Gasteiger partial charge in [0, 0.05) is 17.3 Å². The van der Waals surface area contributed by atoms with E-state index in [1.807, 2.05) is 6.92 Å². The second-order valence-corrected chi connectivity index (χ2v) is 14.7. The number of aliphatic hydroxyl groups is 4. The van der Waals surface area contributed by atoms with Crippen LogP contribution in [0.15, 0.2) is 11.6 Å². The highest BCUT2D eigenvalue weighted by molar-refractivity contribution is 5.77. The van der Waals surface area contributed by atoms with Gasteiger partial charge in [0.25, 0.3) is 0 Å². The molecule has 0 aromatic carbocycles. The molecule has 0 bridgehead atoms. The van der Waals surface area contributed by atoms with Crippen LogP contribution in [0.4, 0.5) is 0 Å². The highest BCUT2D eigenvalue weighted by Crippen LogP contribution is 2.76. The Balaban J connectivity index is 1.64. The zero-order valence-corrected chi connectivity index (χ0v) is 23.0. The van der Waals surface area contributed by atoms with Crippen LogP contribution in [0.5, 0.6) is 0 Å². The molecule has 6 heteroatoms. The summed E-state index contributed by atoms with van der Waals surface area (Å²) in [5.41, 5.74) is -2.27. The molecule has 0 spiro atoms. The van der Waals surface area contributed by atoms with E-state index in [9.17, 15) is 30.3 Å². The third-order valence-electron chi connectivity index (χ3n) is 13.7. The zero-order valence-electron chi connectivity index (χ0n) is 23.0. The number of hydrogen-bond acceptors (Lipinski definition) is 5. The average Bonchev–Trinajstić information content (AvgIpc) is 2.80. The second kappa shape index (κ2) is 7.80. The summed E-state index contributed by atoms with van der Waals surface area (Å²) in [5.74, 6) is -1.26. The lowest BCUT2D eigenvalue weighted by Gasteiger charge is -2.72. The zero-order chi connectivity index (χ0) is 26.7. The SMILES string of the molecule is C[C@H]1[C@H](O)C[C@]2(C(=O)O)CC[C@]3(C)C(=CC[C@@H]4[C@@]5(C)CC[C@@H](O)[C@@](C)(CO)[C@@H]5CC[C@]43C)[C@H]2[C@@]1(C)O. The van der Waals surface area contributed by atoms with Crippen LogP contribution in [0.3, 0.4) is 0 Å². The number of aliphatic hydroxyl groups excluding tert-OH is 3. The van der Waals surface area contributed by atoms with Crippen molar-refractivity contribution in [3.05, 3.63) is 11.6 Å². The molecule has 5 N–H and O–H groups in total. The minimum Gasteiger partial charge on any atom is -0.481 e. The standard InChI is InChI=1S/C30H48O6/c1-17-19(32)15-30(24(34)35)14-13-27(4)18(23(30)29(17,6)36)7-8-21-25(2)11-10-22(33)26(3,16-31)20(25)9-12-28(21,27)5/h7,17,19-23,31-33,36H,8-16H2,1-6H3,(H,34,35)/t17-,19+,20+,21+,22+,23-,25-,26-,27+,28+,29-,30+/m0/s1. The Labute approximate surface area is 216 Å². The van der Waals surface area contributed by atoms with Crippen molar-refractivity contribution in [1.29, 1.82) is 0 Å². The molecule has 4 saturated carbocycles. The highest BCUT2D eigenvalue weighted by Gasteiger charge is 2.72. The number of allylic oxidation sites excluding steroid dienone is 1. The molecule has 0 radical (unpaired) electrons. The van der Waals surface area contributed by atoms with Crippen LogP contribution in [0, 0.1) is 50.7 Å². The van der Waals surface area contributed by atoms with Gasteiger partial charge in [0.1, 0.15) is 0 Å². The Kier molecular flexibility index (Phi) is 5.77. The molecule has 5 aliphatic rings. The molecule has 36 heavy (non-hydrogen) atoms. The molecule has 5 aliphatic carbocycles. The Hall–Kier alpha value is -0.950. The Morgan fingerprint density at radius 3 is 2.28 bits per heavy atom. The lowest BCUT2D eigenvalue weighted by molar-refractivity contribution is -0.232. The van der Waals surface area contributed by atoms with Crippen molar-refractivity contribution in [2.75, 3.05) is 6.61 Å². The predicted molar refractivity (Wildman–Crippen MR) is 137 cm³/mol. The normalized spacial score (nSPS) is 58.6. The summed E-state index contributed by atoms with van der Waals surface area (Å²) < 4.78 is 0. The van der Waals surface area contributed by atoms with Crippen LogP contribution >= 0.6 is 0 Å². The molecule has 0 aromatic rings. The van der Waals surface area contributed by atoms with Crippen molar-refractivity contribution in [2.45, 2.75) is 111 Å². The minimum absolute atomic E-state index is 0.0114. The molecule has 0 aliphatic heterocycles. The van der Waals surface area contributed by atoms with E-state index in [2.05, 4.69) is 33.8 Å². The smallest absolute Gasteiger partial charge is 0.310 e. The molecule has 0 heterocycles. The molecular formula is C30H48O6. The summed E-state index contributed by atoms with van der Waals surface area (Å²) in [7, 11) is 0. The van der Waals surface area contributed by atoms with E-state index in [0.29, 0.717) is 18.8 Å². The molecule has 4 fully saturated rings. The molecule has 0 amide bonds. The molecular weight excluding hydrogens is 456 g/mol. The fraction of sp³-hybridized carbons (Fsp3) is 0.900. The first-order chi connectivity index (χ1) is 16.6. The first-order valence-corrected chi connectivity index (χ1v) is 14.2. The Morgan fingerprint density at radius 1 is 1.00 bits per heavy atom. The third kappa shape index (κ3) is 2.91. The number of carboxylic acids is 1. The minimum atomic E-state index is -1.32. The first kappa shape index (κ1) is 26.6. The van der Waals surface area contributed by atoms with E-state index in [-0.39, 0.29) is 35.2 Å². The summed E-state index contributed by atoms with van der Waals surface area (Å²) in [4.78, 5) is 12.9. The molecule has 5 rings (SSSR count). The van der Waals surface area contributed by atoms with Crippen molar-refractivity contribution < 1.29 is 30.3 Å². The number of carbonyl (C=O) groups is 1. The largest absolute Gasteiger partial charge is 0.481 e. The Morgan fingerprint density at radius 2 is 1.67 bits per heavy atom. The fourth-order valence-electron chi connectivity index (χ4n) is 11.0. The summed E-state index contributed by atoms with van der Waals surface area (Å²) in [6, 6.07) is 0. The van der Waals surface area contributed by atoms with Crippen molar-refractivity contribution >= 4 is 5.97 Å². The molecule has 12 atom stereocenters. The van der Waals surface area contributed by atoms with Gasteiger partial charge in [0.2, 0.25) is 0 Å². The fourth-order valence-corrected chi connectivity index (χ4v) is 11.0. The van der Waals surface area contributed by atoms with Gasteiger partial charge < -0.3 is 25.5 Å². The topological polar surface area (TPSA) is 118 Å². The van der Waals surface area contributed by atoms with E-state index in [0.717, 1.165) is 37.7 Å². The number of hydrogen-bond donors (Lipinski definition) is 5. The van der Waals surface area contributed by atoms with Crippen LogP contribution < -0.4 is 0 Å². The molecule has 6 nitrogen and oxygen atoms in total. The summed E-state index contributed by atoms with van der Waals surface area (Å²) in [6.45, 7) is 12.7. The maximum atomic E-state index is 12.9. The van der Waals surface area contributed by atoms with Gasteiger partial charge in [-0.15, -0.1) is 0 Å². The molecule has 204 valence electrons. The van der Waals surface area contributed by atoms with Crippen LogP contribution in [0.2, 0.25) is 0 Å². The summed E-state index contributed by atoms with van der Waals surface area (Å²) in [6.07, 6.45) is 6.65. The number of carboxylic acid groups (broad SMARTS) is 1. The molecule has 0 aromatic heterocycles. The van der Waals surface area contributed by atoms with Crippen LogP contribution in [-0.2, 0) is 4.79 Å². The quantitative estimate of drug-likeness (QED) is 0.361. The van der Waals surface area contributed by atoms with Crippen molar-refractivity contribution in [2.24, 2.45) is 50.7 Å². The third-order valence-corrected chi connectivity index (χ3v) is 13.7. The Bertz CT molecular complexity index is 974. The monoisotopic (exact) mass is 504 g/mol. The predicted octanol–water partition coefficient (Wildman–Crippen LogP) is 4.15. The number of rotatable bonds is 2. The summed E-state index contributed by atoms with van der Waals surface area (Å²) >= 11 is 0. The van der Waals surface area contributed by atoms with Crippen LogP contribution in [0.25, 0.3) is 0 Å². The van der Waals surface area contributed by atoms with E-state index < -0.39 is 46.4 Å². The van der Waals surface area contributed by atoms with Crippen molar-refractivity contribution in [3.63, 3.8) is 0 Å². The van der Waals surface area contributed by atoms with E-state index in [1.165, 1.54) is 0 Å². The van der Waals surface area contributed by atoms with Gasteiger partial charge in [0.05, 0.1) is 29.8 Å². The molecule has 0 saturated heterocycles. The second-order valence-electron chi connectivity index (χ2n) is 14.7. The average molecular weight is 505 g/mol. The van der Waals surface area contributed by atoms with Crippen LogP contribution in [0.1, 0.15) is 92.9 Å². The summed E-state index contributed by atoms with van der Waals surface area (Å²) in [5, 5.41) is 54.6. The number of aliphatic carboxylic acids is 1. The van der Waals surface area contributed by atoms with Gasteiger partial charge >= 0.3 is 5.97 Å². The van der Waals surface area contributed by atoms with Crippen LogP contribution in [-0.4, -0.2) is 55.9 Å². The molecule has 0 unspecified atom stereocenters. The van der Waals surface area contributed by atoms with Gasteiger partial charge in [-0.05, 0) is 86.4 Å². The lowest BCUT2D eigenvalue weighted by atomic mass is 9.33. The van der Waals surface area contributed by atoms with Gasteiger partial charge in [-0.3, -0.25) is 4.79 Å². The van der Waals surface area contributed by atoms with Gasteiger partial charge in [-0.1, -0.05) is 46.3 Å². The van der Waals surface area contributed by atoms with Gasteiger partial charge in [0.15, 0.2) is 0 Å². The number of fused-ring (bicyclic) bond motifs is 7. The lowest BCUT2D eigenvalue weighted by Crippen LogP contribution is -2.69. The van der Waals surface area contributed by atoms with Gasteiger partial charge in [-0.2, -0.15) is 0 Å². The van der Waals surface area contributed by atoms with Crippen molar-refractivity contribution in [3.8, 4) is 0 Å². The highest BCUT2D eigenvalue weighted by atomic mass is 16.4. The maximum absolute atomic E-state index is 12.9.